The van der Waals surface area contributed by atoms with Crippen molar-refractivity contribution >= 4 is 28.7 Å². The molecule has 29 heavy (non-hydrogen) atoms. The van der Waals surface area contributed by atoms with E-state index < -0.39 is 35.9 Å². The first-order chi connectivity index (χ1) is 13.8. The summed E-state index contributed by atoms with van der Waals surface area (Å²) in [4.78, 5) is 39.5. The number of carbonyl (C=O) groups is 3. The SMILES string of the molecule is CC(N)C(=O)NC(CCCCN)C(=O)NC(Cc1c[nH]c2ccccc12)C(=O)O. The van der Waals surface area contributed by atoms with Crippen LogP contribution >= 0.6 is 0 Å². The van der Waals surface area contributed by atoms with Crippen LogP contribution in [0.1, 0.15) is 31.7 Å². The standard InChI is InChI=1S/C20H29N5O4/c1-12(22)18(26)24-16(8-4-5-9-21)19(27)25-17(20(28)29)10-13-11-23-15-7-3-2-6-14(13)15/h2-3,6-7,11-12,16-17,23H,4-5,8-10,21-22H2,1H3,(H,24,26)(H,25,27)(H,28,29). The van der Waals surface area contributed by atoms with Gasteiger partial charge in [0.25, 0.3) is 0 Å². The van der Waals surface area contributed by atoms with Crippen molar-refractivity contribution in [3.8, 4) is 0 Å². The summed E-state index contributed by atoms with van der Waals surface area (Å²) in [6.45, 7) is 1.98. The van der Waals surface area contributed by atoms with Gasteiger partial charge in [-0.25, -0.2) is 4.79 Å². The number of carbonyl (C=O) groups excluding carboxylic acids is 2. The Kier molecular flexibility index (Phi) is 8.17. The minimum absolute atomic E-state index is 0.113. The lowest BCUT2D eigenvalue weighted by atomic mass is 10.0. The van der Waals surface area contributed by atoms with Gasteiger partial charge in [0.05, 0.1) is 6.04 Å². The van der Waals surface area contributed by atoms with Gasteiger partial charge < -0.3 is 32.2 Å². The number of carboxylic acid groups (broad SMARTS) is 1. The molecule has 1 aromatic heterocycles. The van der Waals surface area contributed by atoms with Crippen molar-refractivity contribution in [2.75, 3.05) is 6.54 Å². The van der Waals surface area contributed by atoms with E-state index in [9.17, 15) is 19.5 Å². The Labute approximate surface area is 169 Å². The van der Waals surface area contributed by atoms with Crippen molar-refractivity contribution in [1.29, 1.82) is 0 Å². The molecular weight excluding hydrogens is 374 g/mol. The van der Waals surface area contributed by atoms with E-state index in [0.29, 0.717) is 25.8 Å². The summed E-state index contributed by atoms with van der Waals surface area (Å²) < 4.78 is 0. The number of aliphatic carboxylic acids is 1. The Morgan fingerprint density at radius 3 is 2.45 bits per heavy atom. The number of fused-ring (bicyclic) bond motifs is 1. The lowest BCUT2D eigenvalue weighted by molar-refractivity contribution is -0.142. The maximum atomic E-state index is 12.7. The minimum atomic E-state index is -1.15. The van der Waals surface area contributed by atoms with Crippen LogP contribution in [0.4, 0.5) is 0 Å². The molecule has 2 aromatic rings. The summed E-state index contributed by atoms with van der Waals surface area (Å²) in [5.41, 5.74) is 12.7. The van der Waals surface area contributed by atoms with E-state index in [1.165, 1.54) is 6.92 Å². The highest BCUT2D eigenvalue weighted by molar-refractivity contribution is 5.92. The van der Waals surface area contributed by atoms with Crippen molar-refractivity contribution in [2.45, 2.75) is 50.7 Å². The lowest BCUT2D eigenvalue weighted by Crippen LogP contribution is -2.54. The molecule has 0 fully saturated rings. The van der Waals surface area contributed by atoms with Gasteiger partial charge in [-0.15, -0.1) is 0 Å². The van der Waals surface area contributed by atoms with Crippen molar-refractivity contribution in [3.63, 3.8) is 0 Å². The first-order valence-electron chi connectivity index (χ1n) is 9.67. The number of para-hydroxylation sites is 1. The minimum Gasteiger partial charge on any atom is -0.480 e. The molecule has 0 saturated heterocycles. The third-order valence-corrected chi connectivity index (χ3v) is 4.71. The van der Waals surface area contributed by atoms with E-state index in [2.05, 4.69) is 15.6 Å². The predicted octanol–water partition coefficient (Wildman–Crippen LogP) is 0.241. The molecule has 2 amide bonds. The Morgan fingerprint density at radius 1 is 1.10 bits per heavy atom. The summed E-state index contributed by atoms with van der Waals surface area (Å²) in [6.07, 6.45) is 3.51. The molecule has 0 radical (unpaired) electrons. The van der Waals surface area contributed by atoms with Gasteiger partial charge in [0.2, 0.25) is 11.8 Å². The number of amides is 2. The van der Waals surface area contributed by atoms with Crippen LogP contribution in [0.15, 0.2) is 30.5 Å². The summed E-state index contributed by atoms with van der Waals surface area (Å²) in [6, 6.07) is 4.75. The third kappa shape index (κ3) is 6.30. The highest BCUT2D eigenvalue weighted by atomic mass is 16.4. The largest absolute Gasteiger partial charge is 0.480 e. The van der Waals surface area contributed by atoms with Crippen LogP contribution in [0.5, 0.6) is 0 Å². The fourth-order valence-corrected chi connectivity index (χ4v) is 3.06. The van der Waals surface area contributed by atoms with E-state index in [-0.39, 0.29) is 6.42 Å². The quantitative estimate of drug-likeness (QED) is 0.294. The van der Waals surface area contributed by atoms with Crippen LogP contribution in [-0.2, 0) is 20.8 Å². The number of rotatable bonds is 11. The van der Waals surface area contributed by atoms with Crippen LogP contribution < -0.4 is 22.1 Å². The van der Waals surface area contributed by atoms with E-state index in [1.54, 1.807) is 6.20 Å². The number of H-pyrrole nitrogens is 1. The molecule has 2 rings (SSSR count). The number of benzene rings is 1. The molecule has 0 spiro atoms. The summed E-state index contributed by atoms with van der Waals surface area (Å²) in [5, 5.41) is 15.7. The van der Waals surface area contributed by atoms with Crippen molar-refractivity contribution in [3.05, 3.63) is 36.0 Å². The first kappa shape index (κ1) is 22.4. The molecule has 3 unspecified atom stereocenters. The Bertz CT molecular complexity index is 848. The number of aromatic amines is 1. The van der Waals surface area contributed by atoms with E-state index in [4.69, 9.17) is 11.5 Å². The Morgan fingerprint density at radius 2 is 1.79 bits per heavy atom. The van der Waals surface area contributed by atoms with E-state index >= 15 is 0 Å². The van der Waals surface area contributed by atoms with E-state index in [0.717, 1.165) is 16.5 Å². The molecule has 0 aliphatic carbocycles. The fraction of sp³-hybridized carbons (Fsp3) is 0.450. The third-order valence-electron chi connectivity index (χ3n) is 4.71. The summed E-state index contributed by atoms with van der Waals surface area (Å²) in [5.74, 6) is -2.17. The summed E-state index contributed by atoms with van der Waals surface area (Å²) >= 11 is 0. The second-order valence-corrected chi connectivity index (χ2v) is 7.10. The molecule has 0 bridgehead atoms. The predicted molar refractivity (Wildman–Crippen MR) is 110 cm³/mol. The molecule has 1 heterocycles. The van der Waals surface area contributed by atoms with Crippen molar-refractivity contribution in [1.82, 2.24) is 15.6 Å². The van der Waals surface area contributed by atoms with Crippen LogP contribution in [0.3, 0.4) is 0 Å². The smallest absolute Gasteiger partial charge is 0.326 e. The average Bonchev–Trinajstić information content (AvgIpc) is 3.09. The molecule has 9 nitrogen and oxygen atoms in total. The van der Waals surface area contributed by atoms with Crippen LogP contribution in [0, 0.1) is 0 Å². The number of carboxylic acids is 1. The average molecular weight is 403 g/mol. The molecule has 158 valence electrons. The first-order valence-corrected chi connectivity index (χ1v) is 9.67. The topological polar surface area (TPSA) is 163 Å². The molecule has 3 atom stereocenters. The maximum absolute atomic E-state index is 12.7. The maximum Gasteiger partial charge on any atom is 0.326 e. The van der Waals surface area contributed by atoms with Crippen LogP contribution in [0.2, 0.25) is 0 Å². The zero-order valence-corrected chi connectivity index (χ0v) is 16.5. The zero-order chi connectivity index (χ0) is 21.4. The molecule has 1 aromatic carbocycles. The number of hydrogen-bond acceptors (Lipinski definition) is 5. The van der Waals surface area contributed by atoms with Crippen LogP contribution in [-0.4, -0.2) is 52.5 Å². The molecule has 0 aliphatic heterocycles. The fourth-order valence-electron chi connectivity index (χ4n) is 3.06. The normalized spacial score (nSPS) is 14.2. The van der Waals surface area contributed by atoms with Crippen LogP contribution in [0.25, 0.3) is 10.9 Å². The Hall–Kier alpha value is -2.91. The number of unbranched alkanes of at least 4 members (excludes halogenated alkanes) is 1. The second-order valence-electron chi connectivity index (χ2n) is 7.10. The number of hydrogen-bond donors (Lipinski definition) is 6. The van der Waals surface area contributed by atoms with Gasteiger partial charge in [-0.2, -0.15) is 0 Å². The number of nitrogens with two attached hydrogens (primary N) is 2. The molecule has 0 aliphatic rings. The van der Waals surface area contributed by atoms with Crippen molar-refractivity contribution < 1.29 is 19.5 Å². The van der Waals surface area contributed by atoms with Gasteiger partial charge in [0, 0.05) is 23.5 Å². The number of aromatic nitrogens is 1. The van der Waals surface area contributed by atoms with Gasteiger partial charge in [-0.3, -0.25) is 9.59 Å². The monoisotopic (exact) mass is 403 g/mol. The van der Waals surface area contributed by atoms with Gasteiger partial charge in [0.15, 0.2) is 0 Å². The highest BCUT2D eigenvalue weighted by Gasteiger charge is 2.27. The Balaban J connectivity index is 2.11. The second kappa shape index (κ2) is 10.6. The highest BCUT2D eigenvalue weighted by Crippen LogP contribution is 2.19. The van der Waals surface area contributed by atoms with Gasteiger partial charge in [-0.05, 0) is 44.4 Å². The molecule has 0 saturated carbocycles. The molecule has 8 N–H and O–H groups in total. The van der Waals surface area contributed by atoms with Gasteiger partial charge >= 0.3 is 5.97 Å². The van der Waals surface area contributed by atoms with E-state index in [1.807, 2.05) is 24.3 Å². The molecule has 9 heteroatoms. The van der Waals surface area contributed by atoms with Gasteiger partial charge in [-0.1, -0.05) is 18.2 Å². The zero-order valence-electron chi connectivity index (χ0n) is 16.5. The van der Waals surface area contributed by atoms with Crippen molar-refractivity contribution in [2.24, 2.45) is 11.5 Å². The summed E-state index contributed by atoms with van der Waals surface area (Å²) in [7, 11) is 0. The lowest BCUT2D eigenvalue weighted by Gasteiger charge is -2.22. The van der Waals surface area contributed by atoms with Gasteiger partial charge in [0.1, 0.15) is 12.1 Å². The molecular formula is C20H29N5O4. The number of nitrogens with one attached hydrogen (secondary N) is 3.